The highest BCUT2D eigenvalue weighted by Crippen LogP contribution is 2.37. The lowest BCUT2D eigenvalue weighted by Crippen LogP contribution is -2.24. The van der Waals surface area contributed by atoms with E-state index in [9.17, 15) is 0 Å². The number of hydrogen-bond donors (Lipinski definition) is 1. The number of rotatable bonds is 2. The van der Waals surface area contributed by atoms with Crippen molar-refractivity contribution in [1.29, 1.82) is 0 Å². The van der Waals surface area contributed by atoms with E-state index in [1.807, 2.05) is 0 Å². The lowest BCUT2D eigenvalue weighted by molar-refractivity contribution is 0.669. The lowest BCUT2D eigenvalue weighted by atomic mass is 9.98. The largest absolute Gasteiger partial charge is 0.325 e. The number of hydrogen-bond acceptors (Lipinski definition) is 1. The number of benzene rings is 1. The number of aryl methyl sites for hydroxylation is 1. The first-order chi connectivity index (χ1) is 6.52. The van der Waals surface area contributed by atoms with Crippen molar-refractivity contribution < 1.29 is 0 Å². The van der Waals surface area contributed by atoms with Gasteiger partial charge in [-0.1, -0.05) is 28.1 Å². The highest BCUT2D eigenvalue weighted by molar-refractivity contribution is 9.10. The van der Waals surface area contributed by atoms with Crippen LogP contribution in [0.2, 0.25) is 0 Å². The van der Waals surface area contributed by atoms with Crippen LogP contribution in [-0.4, -0.2) is 5.54 Å². The molecule has 0 radical (unpaired) electrons. The first-order valence-electron chi connectivity index (χ1n) is 5.05. The van der Waals surface area contributed by atoms with Gasteiger partial charge >= 0.3 is 0 Å². The summed E-state index contributed by atoms with van der Waals surface area (Å²) in [7, 11) is 0. The zero-order chi connectivity index (χ0) is 10.3. The Morgan fingerprint density at radius 1 is 1.36 bits per heavy atom. The van der Waals surface area contributed by atoms with Gasteiger partial charge in [-0.15, -0.1) is 0 Å². The highest BCUT2D eigenvalue weighted by atomic mass is 79.9. The third-order valence-electron chi connectivity index (χ3n) is 3.13. The van der Waals surface area contributed by atoms with Gasteiger partial charge in [-0.2, -0.15) is 0 Å². The van der Waals surface area contributed by atoms with Gasteiger partial charge in [0, 0.05) is 10.0 Å². The molecule has 0 spiro atoms. The van der Waals surface area contributed by atoms with Gasteiger partial charge in [0.25, 0.3) is 0 Å². The molecule has 0 aromatic heterocycles. The van der Waals surface area contributed by atoms with Crippen LogP contribution in [0.5, 0.6) is 0 Å². The maximum absolute atomic E-state index is 6.12. The van der Waals surface area contributed by atoms with E-state index < -0.39 is 0 Å². The molecule has 0 unspecified atom stereocenters. The first-order valence-corrected chi connectivity index (χ1v) is 5.85. The summed E-state index contributed by atoms with van der Waals surface area (Å²) in [6.07, 6.45) is 3.38. The molecule has 1 aliphatic carbocycles. The number of nitrogens with two attached hydrogens (primary N) is 1. The molecule has 1 saturated carbocycles. The smallest absolute Gasteiger partial charge is 0.0236 e. The summed E-state index contributed by atoms with van der Waals surface area (Å²) in [4.78, 5) is 0. The van der Waals surface area contributed by atoms with Gasteiger partial charge in [0.1, 0.15) is 0 Å². The second-order valence-electron chi connectivity index (χ2n) is 4.52. The van der Waals surface area contributed by atoms with E-state index in [0.29, 0.717) is 0 Å². The predicted molar refractivity (Wildman–Crippen MR) is 63.5 cm³/mol. The maximum atomic E-state index is 6.12. The fourth-order valence-electron chi connectivity index (χ4n) is 1.77. The van der Waals surface area contributed by atoms with Crippen molar-refractivity contribution >= 4 is 15.9 Å². The molecule has 1 fully saturated rings. The van der Waals surface area contributed by atoms with Crippen LogP contribution in [0.3, 0.4) is 0 Å². The summed E-state index contributed by atoms with van der Waals surface area (Å²) in [5.41, 5.74) is 10.3. The van der Waals surface area contributed by atoms with Crippen LogP contribution in [-0.2, 0) is 6.42 Å². The van der Waals surface area contributed by atoms with Crippen molar-refractivity contribution in [1.82, 2.24) is 0 Å². The maximum Gasteiger partial charge on any atom is 0.0236 e. The van der Waals surface area contributed by atoms with Crippen molar-refractivity contribution in [2.45, 2.75) is 38.6 Å². The Bertz CT molecular complexity index is 367. The van der Waals surface area contributed by atoms with Gasteiger partial charge in [0.2, 0.25) is 0 Å². The Labute approximate surface area is 93.8 Å². The molecule has 1 aliphatic rings. The van der Waals surface area contributed by atoms with E-state index in [1.54, 1.807) is 0 Å². The third-order valence-corrected chi connectivity index (χ3v) is 4.35. The lowest BCUT2D eigenvalue weighted by Gasteiger charge is -2.13. The molecule has 2 rings (SSSR count). The fraction of sp³-hybridized carbons (Fsp3) is 0.500. The summed E-state index contributed by atoms with van der Waals surface area (Å²) in [6.45, 7) is 4.29. The van der Waals surface area contributed by atoms with Crippen molar-refractivity contribution in [2.24, 2.45) is 5.73 Å². The van der Waals surface area contributed by atoms with E-state index in [4.69, 9.17) is 5.73 Å². The van der Waals surface area contributed by atoms with Crippen LogP contribution >= 0.6 is 15.9 Å². The van der Waals surface area contributed by atoms with Crippen molar-refractivity contribution in [3.05, 3.63) is 33.3 Å². The van der Waals surface area contributed by atoms with Crippen LogP contribution in [0.15, 0.2) is 16.6 Å². The second-order valence-corrected chi connectivity index (χ2v) is 5.31. The molecule has 0 atom stereocenters. The molecule has 0 bridgehead atoms. The van der Waals surface area contributed by atoms with Crippen LogP contribution in [0.25, 0.3) is 0 Å². The minimum atomic E-state index is 0.111. The third kappa shape index (κ3) is 1.86. The SMILES string of the molecule is Cc1ccc(CC2(N)CC2)c(C)c1Br. The minimum Gasteiger partial charge on any atom is -0.325 e. The zero-order valence-corrected chi connectivity index (χ0v) is 10.3. The normalized spacial score (nSPS) is 18.3. The summed E-state index contributed by atoms with van der Waals surface area (Å²) >= 11 is 3.62. The molecule has 0 aliphatic heterocycles. The van der Waals surface area contributed by atoms with E-state index in [0.717, 1.165) is 6.42 Å². The molecule has 14 heavy (non-hydrogen) atoms. The topological polar surface area (TPSA) is 26.0 Å². The van der Waals surface area contributed by atoms with Gasteiger partial charge in [-0.25, -0.2) is 0 Å². The van der Waals surface area contributed by atoms with Crippen molar-refractivity contribution in [2.75, 3.05) is 0 Å². The van der Waals surface area contributed by atoms with Gasteiger partial charge in [0.15, 0.2) is 0 Å². The molecule has 0 amide bonds. The Morgan fingerprint density at radius 2 is 2.00 bits per heavy atom. The molecular weight excluding hydrogens is 238 g/mol. The Morgan fingerprint density at radius 3 is 2.57 bits per heavy atom. The quantitative estimate of drug-likeness (QED) is 0.862. The van der Waals surface area contributed by atoms with Crippen LogP contribution in [0, 0.1) is 13.8 Å². The van der Waals surface area contributed by atoms with E-state index in [2.05, 4.69) is 41.9 Å². The van der Waals surface area contributed by atoms with Crippen LogP contribution in [0.4, 0.5) is 0 Å². The molecular formula is C12H16BrN. The van der Waals surface area contributed by atoms with Gasteiger partial charge < -0.3 is 5.73 Å². The average Bonchev–Trinajstić information content (AvgIpc) is 2.86. The van der Waals surface area contributed by atoms with Crippen molar-refractivity contribution in [3.8, 4) is 0 Å². The van der Waals surface area contributed by atoms with Crippen LogP contribution in [0.1, 0.15) is 29.5 Å². The average molecular weight is 254 g/mol. The van der Waals surface area contributed by atoms with Gasteiger partial charge in [0.05, 0.1) is 0 Å². The summed E-state index contributed by atoms with van der Waals surface area (Å²) in [5, 5.41) is 0. The van der Waals surface area contributed by atoms with Gasteiger partial charge in [-0.05, 0) is 49.8 Å². The second kappa shape index (κ2) is 3.35. The summed E-state index contributed by atoms with van der Waals surface area (Å²) in [6, 6.07) is 4.38. The molecule has 76 valence electrons. The molecule has 0 heterocycles. The van der Waals surface area contributed by atoms with E-state index in [-0.39, 0.29) is 5.54 Å². The predicted octanol–water partition coefficient (Wildman–Crippen LogP) is 3.10. The molecule has 1 aromatic carbocycles. The molecule has 1 aromatic rings. The molecule has 2 N–H and O–H groups in total. The molecule has 2 heteroatoms. The van der Waals surface area contributed by atoms with Gasteiger partial charge in [-0.3, -0.25) is 0 Å². The summed E-state index contributed by atoms with van der Waals surface area (Å²) in [5.74, 6) is 0. The zero-order valence-electron chi connectivity index (χ0n) is 8.73. The highest BCUT2D eigenvalue weighted by Gasteiger charge is 2.38. The fourth-order valence-corrected chi connectivity index (χ4v) is 2.16. The molecule has 0 saturated heterocycles. The van der Waals surface area contributed by atoms with Crippen LogP contribution < -0.4 is 5.73 Å². The standard InChI is InChI=1S/C12H16BrN/c1-8-3-4-10(9(2)11(8)13)7-12(14)5-6-12/h3-4H,5-7,14H2,1-2H3. The Kier molecular flexibility index (Phi) is 2.44. The van der Waals surface area contributed by atoms with E-state index in [1.165, 1.54) is 34.0 Å². The molecule has 1 nitrogen and oxygen atoms in total. The van der Waals surface area contributed by atoms with Crippen molar-refractivity contribution in [3.63, 3.8) is 0 Å². The Balaban J connectivity index is 2.30. The monoisotopic (exact) mass is 253 g/mol. The summed E-state index contributed by atoms with van der Waals surface area (Å²) < 4.78 is 1.24. The number of halogens is 1. The minimum absolute atomic E-state index is 0.111. The first kappa shape index (κ1) is 10.2. The Hall–Kier alpha value is -0.340. The van der Waals surface area contributed by atoms with E-state index >= 15 is 0 Å².